The quantitative estimate of drug-likeness (QED) is 0.416. The number of rotatable bonds is 5. The number of piperazine rings is 1. The molecule has 2 aliphatic rings. The van der Waals surface area contributed by atoms with E-state index in [1.165, 1.54) is 18.4 Å². The molecule has 8 heteroatoms. The molecule has 0 bridgehead atoms. The van der Waals surface area contributed by atoms with Crippen LogP contribution in [0.4, 0.5) is 5.82 Å². The van der Waals surface area contributed by atoms with Gasteiger partial charge in [0.05, 0.1) is 0 Å². The summed E-state index contributed by atoms with van der Waals surface area (Å²) in [4.78, 5) is 31.3. The van der Waals surface area contributed by atoms with Crippen molar-refractivity contribution in [3.63, 3.8) is 0 Å². The van der Waals surface area contributed by atoms with E-state index in [0.29, 0.717) is 55.7 Å². The average Bonchev–Trinajstić information content (AvgIpc) is 3.61. The molecule has 36 heavy (non-hydrogen) atoms. The minimum absolute atomic E-state index is 0.207. The minimum Gasteiger partial charge on any atom is -0.352 e. The molecule has 184 valence electrons. The van der Waals surface area contributed by atoms with E-state index in [4.69, 9.17) is 14.5 Å². The largest absolute Gasteiger partial charge is 0.352 e. The third-order valence-electron chi connectivity index (χ3n) is 7.38. The summed E-state index contributed by atoms with van der Waals surface area (Å²) in [7, 11) is 0. The number of nitrogens with zero attached hydrogens (tertiary/aromatic N) is 6. The van der Waals surface area contributed by atoms with Crippen LogP contribution in [0.25, 0.3) is 22.4 Å². The summed E-state index contributed by atoms with van der Waals surface area (Å²) < 4.78 is 5.74. The average molecular weight is 483 g/mol. The monoisotopic (exact) mass is 482 g/mol. The Morgan fingerprint density at radius 1 is 1.03 bits per heavy atom. The van der Waals surface area contributed by atoms with Crippen LogP contribution >= 0.6 is 0 Å². The number of pyridine rings is 1. The fraction of sp³-hybridized carbons (Fsp3) is 0.393. The van der Waals surface area contributed by atoms with Gasteiger partial charge in [0.1, 0.15) is 22.7 Å². The molecule has 1 aliphatic carbocycles. The van der Waals surface area contributed by atoms with E-state index in [2.05, 4.69) is 46.2 Å². The molecule has 1 aliphatic heterocycles. The lowest BCUT2D eigenvalue weighted by Crippen LogP contribution is -2.50. The first-order chi connectivity index (χ1) is 17.7. The molecule has 1 amide bonds. The molecule has 2 fully saturated rings. The van der Waals surface area contributed by atoms with E-state index in [0.717, 1.165) is 35.2 Å². The lowest BCUT2D eigenvalue weighted by atomic mass is 10.1. The van der Waals surface area contributed by atoms with Gasteiger partial charge >= 0.3 is 0 Å². The Kier molecular flexibility index (Phi) is 6.09. The number of amides is 1. The molecule has 6 rings (SSSR count). The first kappa shape index (κ1) is 22.6. The predicted octanol–water partition coefficient (Wildman–Crippen LogP) is 4.42. The van der Waals surface area contributed by atoms with Crippen LogP contribution in [0.5, 0.6) is 0 Å². The van der Waals surface area contributed by atoms with Gasteiger partial charge in [-0.1, -0.05) is 47.8 Å². The second-order valence-electron chi connectivity index (χ2n) is 9.87. The first-order valence-corrected chi connectivity index (χ1v) is 12.8. The molecule has 1 saturated carbocycles. The van der Waals surface area contributed by atoms with Crippen LogP contribution in [0.1, 0.15) is 42.6 Å². The summed E-state index contributed by atoms with van der Waals surface area (Å²) in [5, 5.41) is 5.17. The summed E-state index contributed by atoms with van der Waals surface area (Å²) in [6, 6.07) is 12.3. The topological polar surface area (TPSA) is 88.3 Å². The first-order valence-electron chi connectivity index (χ1n) is 12.8. The number of anilines is 1. The molecular formula is C28H30N6O2. The van der Waals surface area contributed by atoms with Crippen molar-refractivity contribution in [1.29, 1.82) is 0 Å². The van der Waals surface area contributed by atoms with Crippen LogP contribution in [0.2, 0.25) is 0 Å². The van der Waals surface area contributed by atoms with E-state index in [1.54, 1.807) is 12.4 Å². The zero-order chi connectivity index (χ0) is 24.5. The molecule has 0 radical (unpaired) electrons. The summed E-state index contributed by atoms with van der Waals surface area (Å²) in [6.45, 7) is 4.90. The highest BCUT2D eigenvalue weighted by Gasteiger charge is 2.31. The smallest absolute Gasteiger partial charge is 0.263 e. The van der Waals surface area contributed by atoms with E-state index >= 15 is 0 Å². The normalized spacial score (nSPS) is 16.7. The molecule has 0 unspecified atom stereocenters. The van der Waals surface area contributed by atoms with Crippen molar-refractivity contribution in [1.82, 2.24) is 25.0 Å². The SMILES string of the molecule is Cc1ccc(Cc2nc(N3CCN(C(=O)C4CCCC4)CC3)c3c(-c4cccnc4)noc3n2)cc1. The third-order valence-corrected chi connectivity index (χ3v) is 7.38. The standard InChI is InChI=1S/C28H30N6O2/c1-19-8-10-20(11-9-19)17-23-30-26(24-25(32-36-27(24)31-23)22-7-4-12-29-18-22)33-13-15-34(16-14-33)28(35)21-5-2-3-6-21/h4,7-12,18,21H,2-3,5-6,13-17H2,1H3. The van der Waals surface area contributed by atoms with Gasteiger partial charge in [0.2, 0.25) is 5.91 Å². The van der Waals surface area contributed by atoms with Gasteiger partial charge in [-0.25, -0.2) is 4.98 Å². The Balaban J connectivity index is 1.33. The number of hydrogen-bond donors (Lipinski definition) is 0. The fourth-order valence-electron chi connectivity index (χ4n) is 5.35. The van der Waals surface area contributed by atoms with Crippen LogP contribution in [-0.2, 0) is 11.2 Å². The van der Waals surface area contributed by atoms with Crippen molar-refractivity contribution >= 4 is 22.8 Å². The Morgan fingerprint density at radius 3 is 2.53 bits per heavy atom. The van der Waals surface area contributed by atoms with Crippen LogP contribution in [-0.4, -0.2) is 57.1 Å². The van der Waals surface area contributed by atoms with Crippen molar-refractivity contribution in [3.8, 4) is 11.3 Å². The van der Waals surface area contributed by atoms with Gasteiger partial charge < -0.3 is 14.3 Å². The fourth-order valence-corrected chi connectivity index (χ4v) is 5.35. The Bertz CT molecular complexity index is 1350. The number of fused-ring (bicyclic) bond motifs is 1. The molecule has 0 spiro atoms. The molecule has 1 saturated heterocycles. The summed E-state index contributed by atoms with van der Waals surface area (Å²) in [5.74, 6) is 2.04. The van der Waals surface area contributed by atoms with Crippen molar-refractivity contribution < 1.29 is 9.32 Å². The summed E-state index contributed by atoms with van der Waals surface area (Å²) in [5.41, 5.74) is 4.40. The van der Waals surface area contributed by atoms with Gasteiger partial charge in [0.15, 0.2) is 0 Å². The number of aromatic nitrogens is 4. The van der Waals surface area contributed by atoms with Gasteiger partial charge in [0.25, 0.3) is 5.71 Å². The molecule has 3 aromatic heterocycles. The summed E-state index contributed by atoms with van der Waals surface area (Å²) >= 11 is 0. The molecule has 0 N–H and O–H groups in total. The van der Waals surface area contributed by atoms with Gasteiger partial charge in [-0.05, 0) is 37.5 Å². The highest BCUT2D eigenvalue weighted by Crippen LogP contribution is 2.34. The number of hydrogen-bond acceptors (Lipinski definition) is 7. The van der Waals surface area contributed by atoms with Gasteiger partial charge in [-0.15, -0.1) is 0 Å². The Labute approximate surface area is 210 Å². The molecule has 8 nitrogen and oxygen atoms in total. The van der Waals surface area contributed by atoms with Crippen LogP contribution in [0.15, 0.2) is 53.3 Å². The zero-order valence-corrected chi connectivity index (χ0v) is 20.6. The predicted molar refractivity (Wildman–Crippen MR) is 138 cm³/mol. The molecule has 4 heterocycles. The summed E-state index contributed by atoms with van der Waals surface area (Å²) in [6.07, 6.45) is 8.52. The van der Waals surface area contributed by atoms with Crippen molar-refractivity contribution in [3.05, 3.63) is 65.7 Å². The van der Waals surface area contributed by atoms with Crippen LogP contribution in [0, 0.1) is 12.8 Å². The Morgan fingerprint density at radius 2 is 1.81 bits per heavy atom. The number of carbonyl (C=O) groups excluding carboxylic acids is 1. The van der Waals surface area contributed by atoms with Gasteiger partial charge in [-0.2, -0.15) is 4.98 Å². The van der Waals surface area contributed by atoms with E-state index in [9.17, 15) is 4.79 Å². The van der Waals surface area contributed by atoms with Crippen molar-refractivity contribution in [2.45, 2.75) is 39.0 Å². The lowest BCUT2D eigenvalue weighted by Gasteiger charge is -2.36. The molecule has 4 aromatic rings. The van der Waals surface area contributed by atoms with Gasteiger partial charge in [0, 0.05) is 56.5 Å². The molecule has 1 aromatic carbocycles. The number of aryl methyl sites for hydroxylation is 1. The van der Waals surface area contributed by atoms with Crippen molar-refractivity contribution in [2.75, 3.05) is 31.1 Å². The minimum atomic E-state index is 0.207. The molecule has 0 atom stereocenters. The maximum Gasteiger partial charge on any atom is 0.263 e. The second-order valence-corrected chi connectivity index (χ2v) is 9.87. The maximum atomic E-state index is 13.0. The maximum absolute atomic E-state index is 13.0. The lowest BCUT2D eigenvalue weighted by molar-refractivity contribution is -0.135. The van der Waals surface area contributed by atoms with Crippen molar-refractivity contribution in [2.24, 2.45) is 5.92 Å². The molecular weight excluding hydrogens is 452 g/mol. The highest BCUT2D eigenvalue weighted by molar-refractivity contribution is 5.98. The highest BCUT2D eigenvalue weighted by atomic mass is 16.5. The second kappa shape index (κ2) is 9.68. The van der Waals surface area contributed by atoms with Crippen LogP contribution < -0.4 is 4.90 Å². The van der Waals surface area contributed by atoms with E-state index in [-0.39, 0.29) is 5.92 Å². The Hall–Kier alpha value is -3.81. The third kappa shape index (κ3) is 4.43. The zero-order valence-electron chi connectivity index (χ0n) is 20.6. The van der Waals surface area contributed by atoms with Gasteiger partial charge in [-0.3, -0.25) is 9.78 Å². The number of benzene rings is 1. The van der Waals surface area contributed by atoms with E-state index in [1.807, 2.05) is 17.0 Å². The van der Waals surface area contributed by atoms with E-state index < -0.39 is 0 Å². The number of carbonyl (C=O) groups is 1. The van der Waals surface area contributed by atoms with Crippen LogP contribution in [0.3, 0.4) is 0 Å².